The Bertz CT molecular complexity index is 386. The molecule has 1 saturated heterocycles. The molecule has 1 fully saturated rings. The predicted molar refractivity (Wildman–Crippen MR) is 82.2 cm³/mol. The van der Waals surface area contributed by atoms with E-state index in [1.807, 2.05) is 0 Å². The maximum Gasteiger partial charge on any atom is 0.309 e. The van der Waals surface area contributed by atoms with Gasteiger partial charge >= 0.3 is 5.97 Å². The van der Waals surface area contributed by atoms with Gasteiger partial charge in [0, 0.05) is 44.7 Å². The molecule has 0 aliphatic carbocycles. The van der Waals surface area contributed by atoms with Crippen LogP contribution in [0.2, 0.25) is 0 Å². The predicted octanol–water partition coefficient (Wildman–Crippen LogP) is 0.630. The number of nitrogens with one attached hydrogen (secondary N) is 1. The topological polar surface area (TPSA) is 72.9 Å². The molecule has 0 atom stereocenters. The molecule has 0 aromatic heterocycles. The number of aliphatic carboxylic acids is 1. The first-order valence-electron chi connectivity index (χ1n) is 7.48. The van der Waals surface area contributed by atoms with E-state index in [9.17, 15) is 9.59 Å². The maximum absolute atomic E-state index is 11.9. The van der Waals surface area contributed by atoms with Crippen LogP contribution in [0.5, 0.6) is 0 Å². The van der Waals surface area contributed by atoms with Gasteiger partial charge in [-0.05, 0) is 34.7 Å². The second kappa shape index (κ2) is 6.75. The molecular weight excluding hydrogens is 270 g/mol. The molecule has 0 aromatic carbocycles. The standard InChI is InChI=1S/C15H29N3O3/c1-14(2,13(20)21)10-12(19)16-11-15(3,4)18-8-6-17(5)7-9-18/h6-11H2,1-5H3,(H,16,19)(H,20,21). The number of likely N-dealkylation sites (N-methyl/N-ethyl adjacent to an activating group) is 1. The highest BCUT2D eigenvalue weighted by Crippen LogP contribution is 2.21. The lowest BCUT2D eigenvalue weighted by atomic mass is 9.89. The highest BCUT2D eigenvalue weighted by atomic mass is 16.4. The molecule has 1 rings (SSSR count). The smallest absolute Gasteiger partial charge is 0.309 e. The fourth-order valence-electron chi connectivity index (χ4n) is 2.38. The van der Waals surface area contributed by atoms with E-state index in [0.29, 0.717) is 6.54 Å². The lowest BCUT2D eigenvalue weighted by Gasteiger charge is -2.43. The van der Waals surface area contributed by atoms with E-state index in [1.54, 1.807) is 13.8 Å². The highest BCUT2D eigenvalue weighted by molar-refractivity contribution is 5.84. The molecule has 6 heteroatoms. The van der Waals surface area contributed by atoms with Crippen molar-refractivity contribution < 1.29 is 14.7 Å². The van der Waals surface area contributed by atoms with Crippen molar-refractivity contribution in [2.45, 2.75) is 39.7 Å². The third-order valence-electron chi connectivity index (χ3n) is 4.26. The van der Waals surface area contributed by atoms with Crippen LogP contribution >= 0.6 is 0 Å². The van der Waals surface area contributed by atoms with Gasteiger partial charge in [-0.2, -0.15) is 0 Å². The van der Waals surface area contributed by atoms with Crippen LogP contribution in [0.3, 0.4) is 0 Å². The number of nitrogens with zero attached hydrogens (tertiary/aromatic N) is 2. The van der Waals surface area contributed by atoms with Crippen molar-refractivity contribution >= 4 is 11.9 Å². The first-order chi connectivity index (χ1) is 9.54. The van der Waals surface area contributed by atoms with Crippen molar-refractivity contribution in [1.82, 2.24) is 15.1 Å². The number of hydrogen-bond donors (Lipinski definition) is 2. The van der Waals surface area contributed by atoms with Crippen molar-refractivity contribution in [2.75, 3.05) is 39.8 Å². The average molecular weight is 299 g/mol. The van der Waals surface area contributed by atoms with Crippen molar-refractivity contribution in [2.24, 2.45) is 5.41 Å². The summed E-state index contributed by atoms with van der Waals surface area (Å²) in [5, 5.41) is 11.9. The van der Waals surface area contributed by atoms with Gasteiger partial charge in [-0.3, -0.25) is 14.5 Å². The van der Waals surface area contributed by atoms with E-state index in [4.69, 9.17) is 5.11 Å². The normalized spacial score (nSPS) is 18.5. The molecule has 0 radical (unpaired) electrons. The third-order valence-corrected chi connectivity index (χ3v) is 4.26. The molecule has 2 N–H and O–H groups in total. The fraction of sp³-hybridized carbons (Fsp3) is 0.867. The van der Waals surface area contributed by atoms with Gasteiger partial charge in [0.15, 0.2) is 0 Å². The molecule has 122 valence electrons. The minimum Gasteiger partial charge on any atom is -0.481 e. The number of rotatable bonds is 6. The van der Waals surface area contributed by atoms with E-state index in [-0.39, 0.29) is 17.9 Å². The van der Waals surface area contributed by atoms with Crippen LogP contribution in [0.4, 0.5) is 0 Å². The third kappa shape index (κ3) is 5.28. The van der Waals surface area contributed by atoms with Gasteiger partial charge < -0.3 is 15.3 Å². The first kappa shape index (κ1) is 17.9. The van der Waals surface area contributed by atoms with Crippen LogP contribution in [-0.2, 0) is 9.59 Å². The second-order valence-corrected chi connectivity index (χ2v) is 7.25. The van der Waals surface area contributed by atoms with Crippen LogP contribution in [0, 0.1) is 5.41 Å². The Morgan fingerprint density at radius 2 is 1.62 bits per heavy atom. The lowest BCUT2D eigenvalue weighted by molar-refractivity contribution is -0.149. The number of amides is 1. The van der Waals surface area contributed by atoms with Crippen molar-refractivity contribution in [3.8, 4) is 0 Å². The summed E-state index contributed by atoms with van der Waals surface area (Å²) in [6.07, 6.45) is 0.00114. The summed E-state index contributed by atoms with van der Waals surface area (Å²) in [5.74, 6) is -1.15. The molecule has 1 amide bonds. The summed E-state index contributed by atoms with van der Waals surface area (Å²) < 4.78 is 0. The first-order valence-corrected chi connectivity index (χ1v) is 7.48. The monoisotopic (exact) mass is 299 g/mol. The molecule has 21 heavy (non-hydrogen) atoms. The molecule has 1 aliphatic rings. The van der Waals surface area contributed by atoms with Crippen molar-refractivity contribution in [3.05, 3.63) is 0 Å². The number of carbonyl (C=O) groups is 2. The summed E-state index contributed by atoms with van der Waals surface area (Å²) >= 11 is 0. The average Bonchev–Trinajstić information content (AvgIpc) is 2.36. The number of carboxylic acids is 1. The van der Waals surface area contributed by atoms with E-state index in [0.717, 1.165) is 26.2 Å². The van der Waals surface area contributed by atoms with Gasteiger partial charge in [0.05, 0.1) is 5.41 Å². The SMILES string of the molecule is CN1CCN(C(C)(C)CNC(=O)CC(C)(C)C(=O)O)CC1. The molecule has 0 spiro atoms. The molecule has 0 saturated carbocycles. The van der Waals surface area contributed by atoms with E-state index in [2.05, 4.69) is 36.0 Å². The fourth-order valence-corrected chi connectivity index (χ4v) is 2.38. The Balaban J connectivity index is 2.46. The molecule has 1 aliphatic heterocycles. The molecular formula is C15H29N3O3. The van der Waals surface area contributed by atoms with Crippen LogP contribution in [0.15, 0.2) is 0 Å². The van der Waals surface area contributed by atoms with Crippen molar-refractivity contribution in [1.29, 1.82) is 0 Å². The summed E-state index contributed by atoms with van der Waals surface area (Å²) in [7, 11) is 2.11. The van der Waals surface area contributed by atoms with Gasteiger partial charge in [0.1, 0.15) is 0 Å². The minimum absolute atomic E-state index is 0.00114. The molecule has 1 heterocycles. The van der Waals surface area contributed by atoms with Crippen LogP contribution in [0.25, 0.3) is 0 Å². The van der Waals surface area contributed by atoms with Gasteiger partial charge in [-0.15, -0.1) is 0 Å². The zero-order valence-corrected chi connectivity index (χ0v) is 13.9. The summed E-state index contributed by atoms with van der Waals surface area (Å²) in [6, 6.07) is 0. The molecule has 6 nitrogen and oxygen atoms in total. The summed E-state index contributed by atoms with van der Waals surface area (Å²) in [6.45, 7) is 11.9. The Morgan fingerprint density at radius 1 is 1.10 bits per heavy atom. The van der Waals surface area contributed by atoms with Crippen LogP contribution in [0.1, 0.15) is 34.1 Å². The van der Waals surface area contributed by atoms with Crippen molar-refractivity contribution in [3.63, 3.8) is 0 Å². The van der Waals surface area contributed by atoms with Crippen LogP contribution in [-0.4, -0.2) is 72.1 Å². The Hall–Kier alpha value is -1.14. The van der Waals surface area contributed by atoms with E-state index in [1.165, 1.54) is 0 Å². The van der Waals surface area contributed by atoms with Gasteiger partial charge in [0.2, 0.25) is 5.91 Å². The minimum atomic E-state index is -1.03. The zero-order chi connectivity index (χ0) is 16.3. The maximum atomic E-state index is 11.9. The largest absolute Gasteiger partial charge is 0.481 e. The van der Waals surface area contributed by atoms with Crippen LogP contribution < -0.4 is 5.32 Å². The zero-order valence-electron chi connectivity index (χ0n) is 13.9. The molecule has 0 aromatic rings. The molecule has 0 unspecified atom stereocenters. The van der Waals surface area contributed by atoms with E-state index >= 15 is 0 Å². The number of carbonyl (C=O) groups excluding carboxylic acids is 1. The number of carboxylic acid groups (broad SMARTS) is 1. The van der Waals surface area contributed by atoms with Gasteiger partial charge in [-0.1, -0.05) is 0 Å². The Morgan fingerprint density at radius 3 is 2.10 bits per heavy atom. The Kier molecular flexibility index (Phi) is 5.75. The summed E-state index contributed by atoms with van der Waals surface area (Å²) in [5.41, 5.74) is -1.15. The lowest BCUT2D eigenvalue weighted by Crippen LogP contribution is -2.58. The quantitative estimate of drug-likeness (QED) is 0.752. The van der Waals surface area contributed by atoms with Gasteiger partial charge in [-0.25, -0.2) is 0 Å². The number of hydrogen-bond acceptors (Lipinski definition) is 4. The van der Waals surface area contributed by atoms with Gasteiger partial charge in [0.25, 0.3) is 0 Å². The molecule has 0 bridgehead atoms. The Labute approximate surface area is 127 Å². The van der Waals surface area contributed by atoms with E-state index < -0.39 is 11.4 Å². The second-order valence-electron chi connectivity index (χ2n) is 7.25. The number of piperazine rings is 1. The summed E-state index contributed by atoms with van der Waals surface area (Å²) in [4.78, 5) is 27.6. The highest BCUT2D eigenvalue weighted by Gasteiger charge is 2.32.